The van der Waals surface area contributed by atoms with Gasteiger partial charge in [-0.2, -0.15) is 5.10 Å². The molecule has 4 heterocycles. The second-order valence-electron chi connectivity index (χ2n) is 5.34. The van der Waals surface area contributed by atoms with E-state index in [9.17, 15) is 9.59 Å². The molecule has 4 aromatic rings. The third kappa shape index (κ3) is 2.33. The Morgan fingerprint density at radius 1 is 1.25 bits per heavy atom. The van der Waals surface area contributed by atoms with E-state index in [1.165, 1.54) is 27.6 Å². The standard InChI is InChI=1S/C15H11BrN6O2/c1-20-14-11(5-18-20)15(24)21(8-17-14)7-10-4-13(23)22-6-9(16)2-3-12(22)19-10/h2-6,8H,7H2,1H3. The summed E-state index contributed by atoms with van der Waals surface area (Å²) >= 11 is 3.32. The molecule has 9 heteroatoms. The van der Waals surface area contributed by atoms with Gasteiger partial charge in [0.15, 0.2) is 5.65 Å². The van der Waals surface area contributed by atoms with Gasteiger partial charge in [-0.15, -0.1) is 0 Å². The maximum atomic E-state index is 12.5. The molecule has 0 radical (unpaired) electrons. The SMILES string of the molecule is Cn1ncc2c(=O)n(Cc3cc(=O)n4cc(Br)ccc4n3)cnc21. The van der Waals surface area contributed by atoms with Crippen molar-refractivity contribution < 1.29 is 0 Å². The number of nitrogens with zero attached hydrogens (tertiary/aromatic N) is 6. The number of hydrogen-bond donors (Lipinski definition) is 0. The number of halogens is 1. The lowest BCUT2D eigenvalue weighted by Crippen LogP contribution is -2.23. The van der Waals surface area contributed by atoms with Crippen LogP contribution in [0, 0.1) is 0 Å². The van der Waals surface area contributed by atoms with Crippen molar-refractivity contribution in [3.05, 3.63) is 67.8 Å². The van der Waals surface area contributed by atoms with Gasteiger partial charge in [0.05, 0.1) is 18.4 Å². The van der Waals surface area contributed by atoms with E-state index >= 15 is 0 Å². The first-order chi connectivity index (χ1) is 11.5. The van der Waals surface area contributed by atoms with Gasteiger partial charge in [0.25, 0.3) is 11.1 Å². The second kappa shape index (κ2) is 5.38. The molecule has 0 fully saturated rings. The van der Waals surface area contributed by atoms with Gasteiger partial charge in [0.1, 0.15) is 17.4 Å². The van der Waals surface area contributed by atoms with E-state index in [0.29, 0.717) is 22.4 Å². The predicted molar refractivity (Wildman–Crippen MR) is 91.0 cm³/mol. The lowest BCUT2D eigenvalue weighted by molar-refractivity contribution is 0.720. The zero-order chi connectivity index (χ0) is 16.8. The van der Waals surface area contributed by atoms with Crippen LogP contribution in [-0.2, 0) is 13.6 Å². The quantitative estimate of drug-likeness (QED) is 0.511. The Bertz CT molecular complexity index is 1210. The Balaban J connectivity index is 1.82. The van der Waals surface area contributed by atoms with Crippen molar-refractivity contribution in [2.75, 3.05) is 0 Å². The fraction of sp³-hybridized carbons (Fsp3) is 0.133. The second-order valence-corrected chi connectivity index (χ2v) is 6.26. The Kier molecular flexibility index (Phi) is 3.31. The molecule has 0 saturated carbocycles. The number of rotatable bonds is 2. The van der Waals surface area contributed by atoms with E-state index in [0.717, 1.165) is 4.47 Å². The minimum absolute atomic E-state index is 0.165. The number of fused-ring (bicyclic) bond motifs is 2. The average molecular weight is 387 g/mol. The van der Waals surface area contributed by atoms with Crippen molar-refractivity contribution >= 4 is 32.6 Å². The highest BCUT2D eigenvalue weighted by Crippen LogP contribution is 2.10. The van der Waals surface area contributed by atoms with Crippen molar-refractivity contribution in [2.24, 2.45) is 7.05 Å². The number of pyridine rings is 1. The van der Waals surface area contributed by atoms with Gasteiger partial charge in [0, 0.05) is 23.8 Å². The molecular weight excluding hydrogens is 376 g/mol. The zero-order valence-electron chi connectivity index (χ0n) is 12.5. The summed E-state index contributed by atoms with van der Waals surface area (Å²) in [6.07, 6.45) is 4.59. The third-order valence-electron chi connectivity index (χ3n) is 3.73. The smallest absolute Gasteiger partial charge is 0.264 e. The summed E-state index contributed by atoms with van der Waals surface area (Å²) in [5, 5.41) is 4.47. The largest absolute Gasteiger partial charge is 0.292 e. The first kappa shape index (κ1) is 14.8. The van der Waals surface area contributed by atoms with E-state index in [-0.39, 0.29) is 17.7 Å². The lowest BCUT2D eigenvalue weighted by Gasteiger charge is -2.07. The van der Waals surface area contributed by atoms with Crippen LogP contribution < -0.4 is 11.1 Å². The average Bonchev–Trinajstić information content (AvgIpc) is 2.93. The number of aromatic nitrogens is 6. The van der Waals surface area contributed by atoms with Gasteiger partial charge < -0.3 is 0 Å². The van der Waals surface area contributed by atoms with Crippen LogP contribution in [0.2, 0.25) is 0 Å². The molecule has 0 atom stereocenters. The van der Waals surface area contributed by atoms with Gasteiger partial charge in [-0.05, 0) is 28.1 Å². The Hall–Kier alpha value is -2.81. The van der Waals surface area contributed by atoms with E-state index < -0.39 is 0 Å². The van der Waals surface area contributed by atoms with Crippen molar-refractivity contribution in [3.8, 4) is 0 Å². The Labute approximate surface area is 143 Å². The van der Waals surface area contributed by atoms with Crippen LogP contribution in [0.1, 0.15) is 5.69 Å². The van der Waals surface area contributed by atoms with Gasteiger partial charge in [-0.1, -0.05) is 0 Å². The molecule has 4 aromatic heterocycles. The summed E-state index contributed by atoms with van der Waals surface area (Å²) in [4.78, 5) is 33.4. The number of aryl methyl sites for hydroxylation is 1. The minimum Gasteiger partial charge on any atom is -0.292 e. The predicted octanol–water partition coefficient (Wildman–Crippen LogP) is 0.949. The van der Waals surface area contributed by atoms with E-state index in [2.05, 4.69) is 31.0 Å². The monoisotopic (exact) mass is 386 g/mol. The van der Waals surface area contributed by atoms with E-state index in [1.807, 2.05) is 0 Å². The first-order valence-electron chi connectivity index (χ1n) is 7.08. The van der Waals surface area contributed by atoms with E-state index in [4.69, 9.17) is 0 Å². The molecule has 120 valence electrons. The van der Waals surface area contributed by atoms with Crippen LogP contribution in [0.4, 0.5) is 0 Å². The molecule has 0 amide bonds. The highest BCUT2D eigenvalue weighted by Gasteiger charge is 2.10. The van der Waals surface area contributed by atoms with Crippen molar-refractivity contribution in [2.45, 2.75) is 6.54 Å². The molecule has 0 aliphatic heterocycles. The molecule has 0 unspecified atom stereocenters. The fourth-order valence-corrected chi connectivity index (χ4v) is 2.90. The summed E-state index contributed by atoms with van der Waals surface area (Å²) in [6.45, 7) is 0.165. The summed E-state index contributed by atoms with van der Waals surface area (Å²) in [5.41, 5.74) is 1.11. The lowest BCUT2D eigenvalue weighted by atomic mass is 10.3. The summed E-state index contributed by atoms with van der Waals surface area (Å²) in [5.74, 6) is 0. The van der Waals surface area contributed by atoms with Crippen molar-refractivity contribution in [1.29, 1.82) is 0 Å². The molecule has 0 spiro atoms. The zero-order valence-corrected chi connectivity index (χ0v) is 14.1. The molecule has 0 bridgehead atoms. The molecular formula is C15H11BrN6O2. The molecule has 4 rings (SSSR count). The number of hydrogen-bond acceptors (Lipinski definition) is 5. The van der Waals surface area contributed by atoms with E-state index in [1.54, 1.807) is 30.1 Å². The summed E-state index contributed by atoms with van der Waals surface area (Å²) in [7, 11) is 1.73. The van der Waals surface area contributed by atoms with Crippen LogP contribution in [0.15, 0.2) is 51.0 Å². The fourth-order valence-electron chi connectivity index (χ4n) is 2.56. The van der Waals surface area contributed by atoms with Crippen LogP contribution in [0.25, 0.3) is 16.7 Å². The Morgan fingerprint density at radius 2 is 2.08 bits per heavy atom. The van der Waals surface area contributed by atoms with Gasteiger partial charge in [0.2, 0.25) is 0 Å². The molecule has 0 aliphatic carbocycles. The minimum atomic E-state index is -0.217. The van der Waals surface area contributed by atoms with Gasteiger partial charge in [-0.3, -0.25) is 23.2 Å². The normalized spacial score (nSPS) is 11.4. The van der Waals surface area contributed by atoms with Crippen LogP contribution in [0.5, 0.6) is 0 Å². The van der Waals surface area contributed by atoms with Crippen molar-refractivity contribution in [1.82, 2.24) is 28.7 Å². The maximum absolute atomic E-state index is 12.5. The first-order valence-corrected chi connectivity index (χ1v) is 7.87. The van der Waals surface area contributed by atoms with Crippen LogP contribution >= 0.6 is 15.9 Å². The third-order valence-corrected chi connectivity index (χ3v) is 4.20. The van der Waals surface area contributed by atoms with Gasteiger partial charge >= 0.3 is 0 Å². The molecule has 24 heavy (non-hydrogen) atoms. The molecule has 8 nitrogen and oxygen atoms in total. The molecule has 0 N–H and O–H groups in total. The van der Waals surface area contributed by atoms with Gasteiger partial charge in [-0.25, -0.2) is 9.97 Å². The summed E-state index contributed by atoms with van der Waals surface area (Å²) < 4.78 is 5.19. The van der Waals surface area contributed by atoms with Crippen LogP contribution in [-0.4, -0.2) is 28.7 Å². The topological polar surface area (TPSA) is 87.1 Å². The maximum Gasteiger partial charge on any atom is 0.264 e. The summed E-state index contributed by atoms with van der Waals surface area (Å²) in [6, 6.07) is 4.96. The highest BCUT2D eigenvalue weighted by atomic mass is 79.9. The Morgan fingerprint density at radius 3 is 2.92 bits per heavy atom. The molecule has 0 saturated heterocycles. The molecule has 0 aromatic carbocycles. The highest BCUT2D eigenvalue weighted by molar-refractivity contribution is 9.10. The van der Waals surface area contributed by atoms with Crippen molar-refractivity contribution in [3.63, 3.8) is 0 Å². The van der Waals surface area contributed by atoms with Crippen LogP contribution in [0.3, 0.4) is 0 Å². The molecule has 0 aliphatic rings.